The molecule has 0 spiro atoms. The van der Waals surface area contributed by atoms with Crippen LogP contribution in [0, 0.1) is 0 Å². The molecule has 5 atom stereocenters. The highest BCUT2D eigenvalue weighted by atomic mass is 16.8. The van der Waals surface area contributed by atoms with Gasteiger partial charge >= 0.3 is 6.16 Å². The highest BCUT2D eigenvalue weighted by molar-refractivity contribution is 5.62. The van der Waals surface area contributed by atoms with Crippen LogP contribution in [0.1, 0.15) is 11.1 Å². The Morgan fingerprint density at radius 1 is 0.929 bits per heavy atom. The largest absolute Gasteiger partial charge is 0.508 e. The van der Waals surface area contributed by atoms with Crippen LogP contribution in [0.3, 0.4) is 0 Å². The van der Waals surface area contributed by atoms with Crippen molar-refractivity contribution in [1.29, 1.82) is 0 Å². The quantitative estimate of drug-likeness (QED) is 0.732. The summed E-state index contributed by atoms with van der Waals surface area (Å²) in [6.45, 7) is 0.615. The lowest BCUT2D eigenvalue weighted by Crippen LogP contribution is -2.42. The minimum absolute atomic E-state index is 0.0484. The fourth-order valence-electron chi connectivity index (χ4n) is 3.32. The van der Waals surface area contributed by atoms with E-state index in [0.717, 1.165) is 11.1 Å². The third-order valence-corrected chi connectivity index (χ3v) is 4.75. The zero-order valence-corrected chi connectivity index (χ0v) is 15.2. The minimum atomic E-state index is -1.03. The smallest absolute Gasteiger partial charge is 0.430 e. The molecule has 2 aromatic rings. The number of benzene rings is 2. The molecule has 2 aromatic carbocycles. The van der Waals surface area contributed by atoms with Crippen LogP contribution in [-0.2, 0) is 36.9 Å². The van der Waals surface area contributed by atoms with Crippen LogP contribution in [0.2, 0.25) is 0 Å². The zero-order chi connectivity index (χ0) is 19.3. The maximum absolute atomic E-state index is 11.3. The molecule has 1 unspecified atom stereocenters. The summed E-state index contributed by atoms with van der Waals surface area (Å²) in [7, 11) is 0. The number of aliphatic hydroxyl groups excluding tert-OH is 1. The van der Waals surface area contributed by atoms with Gasteiger partial charge in [0.05, 0.1) is 13.2 Å². The Balaban J connectivity index is 1.43. The summed E-state index contributed by atoms with van der Waals surface area (Å²) in [6, 6.07) is 19.2. The molecule has 1 N–H and O–H groups in total. The molecule has 0 radical (unpaired) electrons. The molecular weight excluding hydrogens is 364 g/mol. The van der Waals surface area contributed by atoms with E-state index in [0.29, 0.717) is 0 Å². The van der Waals surface area contributed by atoms with E-state index in [-0.39, 0.29) is 19.8 Å². The van der Waals surface area contributed by atoms with E-state index in [9.17, 15) is 9.90 Å². The lowest BCUT2D eigenvalue weighted by molar-refractivity contribution is -0.181. The Bertz CT molecular complexity index is 767. The number of carbonyl (C=O) groups is 1. The monoisotopic (exact) mass is 386 g/mol. The van der Waals surface area contributed by atoms with E-state index in [1.807, 2.05) is 60.7 Å². The van der Waals surface area contributed by atoms with Crippen LogP contribution in [-0.4, -0.2) is 48.6 Å². The molecule has 2 aliphatic heterocycles. The van der Waals surface area contributed by atoms with E-state index < -0.39 is 36.9 Å². The molecule has 4 rings (SSSR count). The van der Waals surface area contributed by atoms with Crippen molar-refractivity contribution >= 4 is 6.16 Å². The first-order valence-corrected chi connectivity index (χ1v) is 9.19. The van der Waals surface area contributed by atoms with Crippen molar-refractivity contribution in [3.8, 4) is 0 Å². The van der Waals surface area contributed by atoms with E-state index in [4.69, 9.17) is 23.7 Å². The minimum Gasteiger partial charge on any atom is -0.430 e. The number of rotatable bonds is 7. The van der Waals surface area contributed by atoms with Gasteiger partial charge in [-0.2, -0.15) is 0 Å². The van der Waals surface area contributed by atoms with Crippen molar-refractivity contribution in [3.63, 3.8) is 0 Å². The van der Waals surface area contributed by atoms with Gasteiger partial charge < -0.3 is 28.8 Å². The van der Waals surface area contributed by atoms with Gasteiger partial charge in [0.1, 0.15) is 24.9 Å². The Morgan fingerprint density at radius 2 is 1.54 bits per heavy atom. The molecule has 2 heterocycles. The normalized spacial score (nSPS) is 29.5. The molecule has 7 nitrogen and oxygen atoms in total. The molecule has 0 aromatic heterocycles. The maximum Gasteiger partial charge on any atom is 0.508 e. The summed E-state index contributed by atoms with van der Waals surface area (Å²) in [5.41, 5.74) is 1.92. The molecule has 28 heavy (non-hydrogen) atoms. The third kappa shape index (κ3) is 4.34. The summed E-state index contributed by atoms with van der Waals surface area (Å²) >= 11 is 0. The van der Waals surface area contributed by atoms with E-state index in [1.165, 1.54) is 0 Å². The van der Waals surface area contributed by atoms with Crippen LogP contribution in [0.15, 0.2) is 60.7 Å². The van der Waals surface area contributed by atoms with Gasteiger partial charge in [-0.05, 0) is 11.1 Å². The van der Waals surface area contributed by atoms with Crippen LogP contribution in [0.4, 0.5) is 4.79 Å². The fraction of sp³-hybridized carbons (Fsp3) is 0.381. The summed E-state index contributed by atoms with van der Waals surface area (Å²) < 4.78 is 27.6. The second-order valence-electron chi connectivity index (χ2n) is 6.73. The van der Waals surface area contributed by atoms with Crippen LogP contribution in [0.5, 0.6) is 0 Å². The standard InChI is InChI=1S/C21H22O7/c22-17-19(24-11-14-7-3-1-4-8-14)18(16-13-26-21(23)27-16)28-20(17)25-12-15-9-5-2-6-10-15/h1-10,16-20,22H,11-13H2/t16-,17?,18-,19+,20+/m1/s1. The predicted octanol–water partition coefficient (Wildman–Crippen LogP) is 2.41. The second kappa shape index (κ2) is 8.70. The average molecular weight is 386 g/mol. The zero-order valence-electron chi connectivity index (χ0n) is 15.2. The molecule has 0 amide bonds. The van der Waals surface area contributed by atoms with E-state index in [2.05, 4.69) is 0 Å². The van der Waals surface area contributed by atoms with Gasteiger partial charge in [0.25, 0.3) is 0 Å². The molecule has 148 valence electrons. The maximum atomic E-state index is 11.3. The molecular formula is C21H22O7. The number of ether oxygens (including phenoxy) is 5. The first kappa shape index (κ1) is 18.9. The number of carbonyl (C=O) groups excluding carboxylic acids is 1. The number of cyclic esters (lactones) is 2. The average Bonchev–Trinajstić information content (AvgIpc) is 3.29. The van der Waals surface area contributed by atoms with Gasteiger partial charge in [-0.15, -0.1) is 0 Å². The molecule has 0 aliphatic carbocycles. The summed E-state index contributed by atoms with van der Waals surface area (Å²) in [5.74, 6) is 0. The van der Waals surface area contributed by atoms with Gasteiger partial charge in [0.15, 0.2) is 12.4 Å². The highest BCUT2D eigenvalue weighted by Crippen LogP contribution is 2.31. The third-order valence-electron chi connectivity index (χ3n) is 4.75. The summed E-state index contributed by atoms with van der Waals surface area (Å²) in [5, 5.41) is 10.7. The van der Waals surface area contributed by atoms with Gasteiger partial charge in [0, 0.05) is 0 Å². The summed E-state index contributed by atoms with van der Waals surface area (Å²) in [6.07, 6.45) is -4.75. The van der Waals surface area contributed by atoms with Gasteiger partial charge in [-0.25, -0.2) is 4.79 Å². The molecule has 0 saturated carbocycles. The second-order valence-corrected chi connectivity index (χ2v) is 6.73. The molecule has 0 bridgehead atoms. The van der Waals surface area contributed by atoms with Gasteiger partial charge in [-0.1, -0.05) is 60.7 Å². The van der Waals surface area contributed by atoms with Crippen molar-refractivity contribution in [2.24, 2.45) is 0 Å². The van der Waals surface area contributed by atoms with Crippen molar-refractivity contribution in [2.45, 2.75) is 43.9 Å². The van der Waals surface area contributed by atoms with Crippen LogP contribution in [0.25, 0.3) is 0 Å². The van der Waals surface area contributed by atoms with Crippen LogP contribution >= 0.6 is 0 Å². The lowest BCUT2D eigenvalue weighted by atomic mass is 10.1. The van der Waals surface area contributed by atoms with Gasteiger partial charge in [0.2, 0.25) is 0 Å². The van der Waals surface area contributed by atoms with Crippen molar-refractivity contribution in [2.75, 3.05) is 6.61 Å². The highest BCUT2D eigenvalue weighted by Gasteiger charge is 2.51. The van der Waals surface area contributed by atoms with E-state index in [1.54, 1.807) is 0 Å². The molecule has 7 heteroatoms. The number of aliphatic hydroxyl groups is 1. The van der Waals surface area contributed by atoms with E-state index >= 15 is 0 Å². The van der Waals surface area contributed by atoms with Gasteiger partial charge in [-0.3, -0.25) is 0 Å². The summed E-state index contributed by atoms with van der Waals surface area (Å²) in [4.78, 5) is 11.3. The molecule has 2 aliphatic rings. The first-order valence-electron chi connectivity index (χ1n) is 9.19. The van der Waals surface area contributed by atoms with Crippen LogP contribution < -0.4 is 0 Å². The molecule has 2 fully saturated rings. The Labute approximate surface area is 162 Å². The SMILES string of the molecule is O=C1OC[C@H]([C@H]2O[C@H](OCc3ccccc3)C(O)[C@@H]2OCc2ccccc2)O1. The predicted molar refractivity (Wildman–Crippen MR) is 97.1 cm³/mol. The van der Waals surface area contributed by atoms with Crippen molar-refractivity contribution in [1.82, 2.24) is 0 Å². The molecule has 2 saturated heterocycles. The Hall–Kier alpha value is -2.45. The van der Waals surface area contributed by atoms with Crippen molar-refractivity contribution in [3.05, 3.63) is 71.8 Å². The number of hydrogen-bond acceptors (Lipinski definition) is 7. The fourth-order valence-corrected chi connectivity index (χ4v) is 3.32. The van der Waals surface area contributed by atoms with Crippen molar-refractivity contribution < 1.29 is 33.6 Å². The Morgan fingerprint density at radius 3 is 2.11 bits per heavy atom. The Kier molecular flexibility index (Phi) is 5.87. The number of hydrogen-bond donors (Lipinski definition) is 1. The lowest BCUT2D eigenvalue weighted by Gasteiger charge is -2.23. The first-order chi connectivity index (χ1) is 13.7. The topological polar surface area (TPSA) is 83.5 Å².